The molecule has 0 saturated heterocycles. The van der Waals surface area contributed by atoms with Gasteiger partial charge in [-0.3, -0.25) is 9.48 Å². The van der Waals surface area contributed by atoms with E-state index in [2.05, 4.69) is 20.4 Å². The lowest BCUT2D eigenvalue weighted by molar-refractivity contribution is 0.0945. The first-order chi connectivity index (χ1) is 8.18. The van der Waals surface area contributed by atoms with Gasteiger partial charge in [-0.15, -0.1) is 0 Å². The second-order valence-corrected chi connectivity index (χ2v) is 3.65. The summed E-state index contributed by atoms with van der Waals surface area (Å²) in [4.78, 5) is 18.7. The van der Waals surface area contributed by atoms with E-state index in [-0.39, 0.29) is 5.91 Å². The molecule has 0 spiro atoms. The molecule has 0 aliphatic carbocycles. The van der Waals surface area contributed by atoms with Gasteiger partial charge in [0.15, 0.2) is 0 Å². The van der Waals surface area contributed by atoms with Gasteiger partial charge in [0, 0.05) is 31.9 Å². The van der Waals surface area contributed by atoms with Gasteiger partial charge in [0.05, 0.1) is 18.2 Å². The Morgan fingerprint density at radius 1 is 1.59 bits per heavy atom. The van der Waals surface area contributed by atoms with Crippen LogP contribution in [0.15, 0.2) is 18.7 Å². The van der Waals surface area contributed by atoms with Crippen LogP contribution in [0.4, 0.5) is 5.69 Å². The standard InChI is InChI=1S/C10H14N6O/c1-16-9(8(11)5-15-16)10(17)13-3-2-7-4-12-6-14-7/h4-6H,2-3,11H2,1H3,(H,12,14)(H,13,17). The lowest BCUT2D eigenvalue weighted by atomic mass is 10.3. The molecule has 90 valence electrons. The van der Waals surface area contributed by atoms with Gasteiger partial charge < -0.3 is 16.0 Å². The highest BCUT2D eigenvalue weighted by Crippen LogP contribution is 2.08. The fourth-order valence-electron chi connectivity index (χ4n) is 1.55. The fraction of sp³-hybridized carbons (Fsp3) is 0.300. The predicted molar refractivity (Wildman–Crippen MR) is 62.2 cm³/mol. The molecule has 2 aromatic rings. The van der Waals surface area contributed by atoms with Crippen LogP contribution in [-0.2, 0) is 13.5 Å². The molecule has 0 aromatic carbocycles. The number of aromatic amines is 1. The molecule has 0 radical (unpaired) electrons. The minimum Gasteiger partial charge on any atom is -0.396 e. The van der Waals surface area contributed by atoms with Crippen LogP contribution in [0, 0.1) is 0 Å². The summed E-state index contributed by atoms with van der Waals surface area (Å²) in [5, 5.41) is 6.69. The summed E-state index contributed by atoms with van der Waals surface area (Å²) in [6.45, 7) is 0.519. The Labute approximate surface area is 98.0 Å². The maximum atomic E-state index is 11.8. The Morgan fingerprint density at radius 3 is 3.00 bits per heavy atom. The first kappa shape index (κ1) is 11.2. The Hall–Kier alpha value is -2.31. The highest BCUT2D eigenvalue weighted by atomic mass is 16.2. The van der Waals surface area contributed by atoms with Crippen molar-refractivity contribution in [3.8, 4) is 0 Å². The Bertz CT molecular complexity index is 481. The van der Waals surface area contributed by atoms with E-state index in [9.17, 15) is 4.79 Å². The molecule has 0 aliphatic heterocycles. The van der Waals surface area contributed by atoms with E-state index in [1.165, 1.54) is 10.9 Å². The van der Waals surface area contributed by atoms with Gasteiger partial charge in [0.1, 0.15) is 5.69 Å². The topological polar surface area (TPSA) is 102 Å². The largest absolute Gasteiger partial charge is 0.396 e. The molecule has 4 N–H and O–H groups in total. The number of hydrogen-bond acceptors (Lipinski definition) is 4. The molecular weight excluding hydrogens is 220 g/mol. The number of nitrogen functional groups attached to an aromatic ring is 1. The molecule has 0 aliphatic rings. The number of amides is 1. The number of nitrogens with one attached hydrogen (secondary N) is 2. The number of anilines is 1. The first-order valence-corrected chi connectivity index (χ1v) is 5.21. The number of rotatable bonds is 4. The zero-order valence-corrected chi connectivity index (χ0v) is 9.47. The first-order valence-electron chi connectivity index (χ1n) is 5.21. The molecule has 2 aromatic heterocycles. The molecule has 7 nitrogen and oxygen atoms in total. The zero-order chi connectivity index (χ0) is 12.3. The van der Waals surface area contributed by atoms with E-state index >= 15 is 0 Å². The number of nitrogens with zero attached hydrogens (tertiary/aromatic N) is 3. The van der Waals surface area contributed by atoms with Crippen LogP contribution in [-0.4, -0.2) is 32.2 Å². The van der Waals surface area contributed by atoms with Crippen molar-refractivity contribution in [2.75, 3.05) is 12.3 Å². The van der Waals surface area contributed by atoms with Crippen LogP contribution in [0.5, 0.6) is 0 Å². The highest BCUT2D eigenvalue weighted by Gasteiger charge is 2.13. The average Bonchev–Trinajstić information content (AvgIpc) is 2.89. The third-order valence-corrected chi connectivity index (χ3v) is 2.42. The van der Waals surface area contributed by atoms with Gasteiger partial charge in [0.2, 0.25) is 0 Å². The molecule has 2 rings (SSSR count). The van der Waals surface area contributed by atoms with Crippen LogP contribution in [0.25, 0.3) is 0 Å². The molecule has 17 heavy (non-hydrogen) atoms. The predicted octanol–water partition coefficient (Wildman–Crippen LogP) is -0.302. The number of carbonyl (C=O) groups excluding carboxylic acids is 1. The van der Waals surface area contributed by atoms with E-state index in [4.69, 9.17) is 5.73 Å². The van der Waals surface area contributed by atoms with Gasteiger partial charge in [-0.2, -0.15) is 5.10 Å². The number of H-pyrrole nitrogens is 1. The Balaban J connectivity index is 1.90. The summed E-state index contributed by atoms with van der Waals surface area (Å²) in [6.07, 6.45) is 5.49. The van der Waals surface area contributed by atoms with Crippen LogP contribution in [0.3, 0.4) is 0 Å². The summed E-state index contributed by atoms with van der Waals surface area (Å²) < 4.78 is 1.46. The van der Waals surface area contributed by atoms with Gasteiger partial charge in [-0.25, -0.2) is 4.98 Å². The lowest BCUT2D eigenvalue weighted by Crippen LogP contribution is -2.28. The molecular formula is C10H14N6O. The maximum absolute atomic E-state index is 11.8. The molecule has 0 atom stereocenters. The smallest absolute Gasteiger partial charge is 0.271 e. The third kappa shape index (κ3) is 2.44. The van der Waals surface area contributed by atoms with Crippen molar-refractivity contribution in [3.05, 3.63) is 30.1 Å². The number of nitrogens with two attached hydrogens (primary N) is 1. The summed E-state index contributed by atoms with van der Waals surface area (Å²) in [5.74, 6) is -0.220. The molecule has 0 bridgehead atoms. The lowest BCUT2D eigenvalue weighted by Gasteiger charge is -2.05. The van der Waals surface area contributed by atoms with E-state index in [0.717, 1.165) is 5.69 Å². The van der Waals surface area contributed by atoms with Gasteiger partial charge in [-0.1, -0.05) is 0 Å². The van der Waals surface area contributed by atoms with Crippen LogP contribution < -0.4 is 11.1 Å². The second kappa shape index (κ2) is 4.69. The SMILES string of the molecule is Cn1ncc(N)c1C(=O)NCCc1cnc[nH]1. The molecule has 0 saturated carbocycles. The molecule has 0 unspecified atom stereocenters. The van der Waals surface area contributed by atoms with Crippen LogP contribution >= 0.6 is 0 Å². The Morgan fingerprint density at radius 2 is 2.41 bits per heavy atom. The Kier molecular flexibility index (Phi) is 3.08. The van der Waals surface area contributed by atoms with Crippen molar-refractivity contribution >= 4 is 11.6 Å². The second-order valence-electron chi connectivity index (χ2n) is 3.65. The summed E-state index contributed by atoms with van der Waals surface area (Å²) in [7, 11) is 1.68. The van der Waals surface area contributed by atoms with Crippen LogP contribution in [0.2, 0.25) is 0 Å². The van der Waals surface area contributed by atoms with Crippen molar-refractivity contribution in [1.82, 2.24) is 25.1 Å². The van der Waals surface area contributed by atoms with Crippen molar-refractivity contribution in [1.29, 1.82) is 0 Å². The molecule has 0 fully saturated rings. The average molecular weight is 234 g/mol. The number of aryl methyl sites for hydroxylation is 1. The van der Waals surface area contributed by atoms with Crippen molar-refractivity contribution in [2.45, 2.75) is 6.42 Å². The van der Waals surface area contributed by atoms with Crippen molar-refractivity contribution in [2.24, 2.45) is 7.05 Å². The maximum Gasteiger partial charge on any atom is 0.271 e. The minimum atomic E-state index is -0.220. The van der Waals surface area contributed by atoms with Gasteiger partial charge in [-0.05, 0) is 0 Å². The molecule has 1 amide bonds. The minimum absolute atomic E-state index is 0.220. The zero-order valence-electron chi connectivity index (χ0n) is 9.47. The fourth-order valence-corrected chi connectivity index (χ4v) is 1.55. The van der Waals surface area contributed by atoms with Gasteiger partial charge in [0.25, 0.3) is 5.91 Å². The highest BCUT2D eigenvalue weighted by molar-refractivity contribution is 5.97. The van der Waals surface area contributed by atoms with Gasteiger partial charge >= 0.3 is 0 Å². The van der Waals surface area contributed by atoms with E-state index < -0.39 is 0 Å². The van der Waals surface area contributed by atoms with E-state index in [0.29, 0.717) is 24.3 Å². The number of hydrogen-bond donors (Lipinski definition) is 3. The quantitative estimate of drug-likeness (QED) is 0.675. The van der Waals surface area contributed by atoms with Crippen molar-refractivity contribution in [3.63, 3.8) is 0 Å². The summed E-state index contributed by atoms with van der Waals surface area (Å²) in [5.41, 5.74) is 7.39. The normalized spacial score (nSPS) is 10.4. The number of aromatic nitrogens is 4. The monoisotopic (exact) mass is 234 g/mol. The summed E-state index contributed by atoms with van der Waals surface area (Å²) in [6, 6.07) is 0. The number of carbonyl (C=O) groups is 1. The van der Waals surface area contributed by atoms with Crippen molar-refractivity contribution < 1.29 is 4.79 Å². The number of imidazole rings is 1. The van der Waals surface area contributed by atoms with E-state index in [1.54, 1.807) is 19.6 Å². The van der Waals surface area contributed by atoms with E-state index in [1.807, 2.05) is 0 Å². The summed E-state index contributed by atoms with van der Waals surface area (Å²) >= 11 is 0. The molecule has 2 heterocycles. The molecule has 7 heteroatoms. The van der Waals surface area contributed by atoms with Crippen LogP contribution in [0.1, 0.15) is 16.2 Å². The third-order valence-electron chi connectivity index (χ3n) is 2.42.